The van der Waals surface area contributed by atoms with E-state index in [0.717, 1.165) is 47.0 Å². The number of halogens is 1. The lowest BCUT2D eigenvalue weighted by Crippen LogP contribution is -2.43. The average Bonchev–Trinajstić information content (AvgIpc) is 3.35. The van der Waals surface area contributed by atoms with Crippen molar-refractivity contribution in [3.8, 4) is 11.5 Å². The Labute approximate surface area is 188 Å². The van der Waals surface area contributed by atoms with Crippen LogP contribution in [0.3, 0.4) is 0 Å². The lowest BCUT2D eigenvalue weighted by molar-refractivity contribution is -0.125. The smallest absolute Gasteiger partial charge is 0.237 e. The Bertz CT molecular complexity index is 921. The van der Waals surface area contributed by atoms with Crippen LogP contribution in [0.25, 0.3) is 0 Å². The van der Waals surface area contributed by atoms with Crippen molar-refractivity contribution in [2.45, 2.75) is 51.4 Å². The van der Waals surface area contributed by atoms with E-state index in [-0.39, 0.29) is 24.8 Å². The number of fused-ring (bicyclic) bond motifs is 1. The molecule has 2 aromatic rings. The zero-order valence-electron chi connectivity index (χ0n) is 18.1. The number of nitrogens with zero attached hydrogens (tertiary/aromatic N) is 1. The van der Waals surface area contributed by atoms with E-state index in [4.69, 9.17) is 21.1 Å². The van der Waals surface area contributed by atoms with Crippen LogP contribution in [-0.4, -0.2) is 48.8 Å². The third-order valence-corrected chi connectivity index (χ3v) is 6.13. The minimum absolute atomic E-state index is 0.0702. The zero-order valence-corrected chi connectivity index (χ0v) is 18.8. The molecule has 0 aliphatic carbocycles. The predicted molar refractivity (Wildman–Crippen MR) is 122 cm³/mol. The molecular weight excluding hydrogens is 414 g/mol. The van der Waals surface area contributed by atoms with Gasteiger partial charge in [0, 0.05) is 36.7 Å². The number of rotatable bonds is 8. The van der Waals surface area contributed by atoms with Crippen LogP contribution >= 0.6 is 11.6 Å². The number of nitrogens with one attached hydrogen (secondary N) is 2. The highest BCUT2D eigenvalue weighted by Crippen LogP contribution is 2.32. The van der Waals surface area contributed by atoms with Crippen molar-refractivity contribution in [3.05, 3.63) is 58.6 Å². The molecule has 1 saturated heterocycles. The molecule has 31 heavy (non-hydrogen) atoms. The van der Waals surface area contributed by atoms with Crippen LogP contribution in [0.1, 0.15) is 31.4 Å². The van der Waals surface area contributed by atoms with E-state index < -0.39 is 0 Å². The maximum atomic E-state index is 13.1. The highest BCUT2D eigenvalue weighted by atomic mass is 35.5. The van der Waals surface area contributed by atoms with Crippen LogP contribution in [0.15, 0.2) is 42.5 Å². The van der Waals surface area contributed by atoms with Gasteiger partial charge in [-0.1, -0.05) is 49.7 Å². The van der Waals surface area contributed by atoms with E-state index in [2.05, 4.69) is 29.4 Å². The number of carbonyl (C=O) groups excluding carboxylic acids is 1. The molecule has 0 saturated carbocycles. The maximum Gasteiger partial charge on any atom is 0.237 e. The van der Waals surface area contributed by atoms with Crippen molar-refractivity contribution in [2.24, 2.45) is 0 Å². The van der Waals surface area contributed by atoms with Crippen molar-refractivity contribution in [2.75, 3.05) is 19.9 Å². The first kappa shape index (κ1) is 21.9. The first-order chi connectivity index (χ1) is 15.0. The van der Waals surface area contributed by atoms with Gasteiger partial charge < -0.3 is 20.1 Å². The molecule has 2 heterocycles. The lowest BCUT2D eigenvalue weighted by atomic mass is 10.1. The number of likely N-dealkylation sites (tertiary alicyclic amines) is 1. The molecule has 2 aromatic carbocycles. The van der Waals surface area contributed by atoms with Gasteiger partial charge in [-0.3, -0.25) is 9.69 Å². The zero-order chi connectivity index (χ0) is 21.8. The third kappa shape index (κ3) is 5.50. The molecule has 0 radical (unpaired) electrons. The number of hydrogen-bond acceptors (Lipinski definition) is 5. The summed E-state index contributed by atoms with van der Waals surface area (Å²) >= 11 is 6.38. The monoisotopic (exact) mass is 443 g/mol. The van der Waals surface area contributed by atoms with Crippen molar-refractivity contribution < 1.29 is 14.3 Å². The molecule has 0 aromatic heterocycles. The molecule has 0 bridgehead atoms. The van der Waals surface area contributed by atoms with Crippen LogP contribution in [-0.2, 0) is 17.8 Å². The van der Waals surface area contributed by atoms with Crippen molar-refractivity contribution in [3.63, 3.8) is 0 Å². The molecule has 2 aliphatic heterocycles. The van der Waals surface area contributed by atoms with Gasteiger partial charge in [0.25, 0.3) is 0 Å². The summed E-state index contributed by atoms with van der Waals surface area (Å²) < 4.78 is 10.8. The molecule has 2 N–H and O–H groups in total. The van der Waals surface area contributed by atoms with Gasteiger partial charge in [-0.25, -0.2) is 0 Å². The topological polar surface area (TPSA) is 62.8 Å². The van der Waals surface area contributed by atoms with Crippen molar-refractivity contribution >= 4 is 17.5 Å². The second kappa shape index (κ2) is 9.90. The number of carbonyl (C=O) groups is 1. The Morgan fingerprint density at radius 2 is 2.00 bits per heavy atom. The fourth-order valence-corrected chi connectivity index (χ4v) is 4.53. The summed E-state index contributed by atoms with van der Waals surface area (Å²) in [7, 11) is 0. The Kier molecular flexibility index (Phi) is 7.00. The molecule has 6 nitrogen and oxygen atoms in total. The highest BCUT2D eigenvalue weighted by molar-refractivity contribution is 6.31. The second-order valence-electron chi connectivity index (χ2n) is 8.52. The number of ether oxygens (including phenoxy) is 2. The molecule has 166 valence electrons. The Morgan fingerprint density at radius 3 is 2.81 bits per heavy atom. The second-order valence-corrected chi connectivity index (χ2v) is 8.93. The lowest BCUT2D eigenvalue weighted by Gasteiger charge is -2.24. The van der Waals surface area contributed by atoms with E-state index in [9.17, 15) is 4.79 Å². The van der Waals surface area contributed by atoms with Gasteiger partial charge in [0.05, 0.1) is 6.04 Å². The van der Waals surface area contributed by atoms with Crippen molar-refractivity contribution in [1.29, 1.82) is 0 Å². The SMILES string of the molecule is CC(C)N[C@H]1C[C@@H](C(=O)NCCc2ccc3c(c2)OCO3)N(Cc2ccccc2Cl)C1. The first-order valence-corrected chi connectivity index (χ1v) is 11.3. The van der Waals surface area contributed by atoms with Crippen LogP contribution in [0, 0.1) is 0 Å². The fourth-order valence-electron chi connectivity index (χ4n) is 4.33. The van der Waals surface area contributed by atoms with Gasteiger partial charge >= 0.3 is 0 Å². The van der Waals surface area contributed by atoms with Crippen LogP contribution in [0.2, 0.25) is 5.02 Å². The molecule has 4 rings (SSSR count). The van der Waals surface area contributed by atoms with E-state index in [1.165, 1.54) is 0 Å². The van der Waals surface area contributed by atoms with Gasteiger partial charge in [-0.2, -0.15) is 0 Å². The molecule has 0 unspecified atom stereocenters. The average molecular weight is 444 g/mol. The molecule has 2 aliphatic rings. The minimum atomic E-state index is -0.177. The third-order valence-electron chi connectivity index (χ3n) is 5.76. The summed E-state index contributed by atoms with van der Waals surface area (Å²) in [6, 6.07) is 14.2. The minimum Gasteiger partial charge on any atom is -0.454 e. The number of hydrogen-bond donors (Lipinski definition) is 2. The summed E-state index contributed by atoms with van der Waals surface area (Å²) in [4.78, 5) is 15.3. The van der Waals surface area contributed by atoms with Gasteiger partial charge in [-0.05, 0) is 42.2 Å². The predicted octanol–water partition coefficient (Wildman–Crippen LogP) is 3.37. The normalized spacial score (nSPS) is 20.4. The van der Waals surface area contributed by atoms with E-state index in [1.54, 1.807) is 0 Å². The van der Waals surface area contributed by atoms with E-state index >= 15 is 0 Å². The fraction of sp³-hybridized carbons (Fsp3) is 0.458. The van der Waals surface area contributed by atoms with Gasteiger partial charge in [0.2, 0.25) is 12.7 Å². The summed E-state index contributed by atoms with van der Waals surface area (Å²) in [5.41, 5.74) is 2.16. The van der Waals surface area contributed by atoms with E-state index in [0.29, 0.717) is 19.1 Å². The van der Waals surface area contributed by atoms with Crippen LogP contribution in [0.4, 0.5) is 0 Å². The number of benzene rings is 2. The summed E-state index contributed by atoms with van der Waals surface area (Å²) in [6.07, 6.45) is 1.53. The van der Waals surface area contributed by atoms with Gasteiger partial charge in [0.15, 0.2) is 11.5 Å². The molecular formula is C24H30ClN3O3. The molecule has 7 heteroatoms. The summed E-state index contributed by atoms with van der Waals surface area (Å²) in [5, 5.41) is 7.45. The quantitative estimate of drug-likeness (QED) is 0.655. The van der Waals surface area contributed by atoms with Crippen molar-refractivity contribution in [1.82, 2.24) is 15.5 Å². The number of amides is 1. The van der Waals surface area contributed by atoms with Crippen LogP contribution < -0.4 is 20.1 Å². The molecule has 0 spiro atoms. The highest BCUT2D eigenvalue weighted by Gasteiger charge is 2.36. The molecule has 2 atom stereocenters. The molecule has 1 fully saturated rings. The molecule has 1 amide bonds. The van der Waals surface area contributed by atoms with Gasteiger partial charge in [0.1, 0.15) is 0 Å². The Hall–Kier alpha value is -2.28. The van der Waals surface area contributed by atoms with Gasteiger partial charge in [-0.15, -0.1) is 0 Å². The maximum absolute atomic E-state index is 13.1. The first-order valence-electron chi connectivity index (χ1n) is 10.9. The van der Waals surface area contributed by atoms with Crippen LogP contribution in [0.5, 0.6) is 11.5 Å². The summed E-state index contributed by atoms with van der Waals surface area (Å²) in [5.74, 6) is 1.62. The largest absolute Gasteiger partial charge is 0.454 e. The Morgan fingerprint density at radius 1 is 1.19 bits per heavy atom. The standard InChI is InChI=1S/C24H30ClN3O3/c1-16(2)27-19-12-21(28(14-19)13-18-5-3-4-6-20(18)25)24(29)26-10-9-17-7-8-22-23(11-17)31-15-30-22/h3-8,11,16,19,21,27H,9-10,12-15H2,1-2H3,(H,26,29)/t19-,21-/m0/s1. The Balaban J connectivity index is 1.37. The summed E-state index contributed by atoms with van der Waals surface area (Å²) in [6.45, 7) is 6.61. The van der Waals surface area contributed by atoms with E-state index in [1.807, 2.05) is 42.5 Å².